The molecule has 0 radical (unpaired) electrons. The molecule has 2 rings (SSSR count). The molecule has 1 fully saturated rings. The first-order valence-corrected chi connectivity index (χ1v) is 9.31. The van der Waals surface area contributed by atoms with Crippen LogP contribution in [0.4, 0.5) is 0 Å². The molecule has 0 bridgehead atoms. The fraction of sp³-hybridized carbons (Fsp3) is 0.550. The number of rotatable bonds is 6. The van der Waals surface area contributed by atoms with Crippen LogP contribution in [0.25, 0.3) is 0 Å². The molecule has 0 saturated carbocycles. The van der Waals surface area contributed by atoms with Crippen LogP contribution >= 0.6 is 0 Å². The van der Waals surface area contributed by atoms with E-state index in [4.69, 9.17) is 23.7 Å². The van der Waals surface area contributed by atoms with Crippen LogP contribution in [0.3, 0.4) is 0 Å². The second kappa shape index (κ2) is 10.1. The van der Waals surface area contributed by atoms with E-state index < -0.39 is 54.4 Å². The Morgan fingerprint density at radius 3 is 2.00 bits per heavy atom. The summed E-state index contributed by atoms with van der Waals surface area (Å²) in [5.41, 5.74) is 1.28. The minimum Gasteiger partial charge on any atom is -0.463 e. The zero-order valence-electron chi connectivity index (χ0n) is 17.4. The maximum absolute atomic E-state index is 11.8. The molecule has 1 aliphatic heterocycles. The second-order valence-electron chi connectivity index (χ2n) is 6.88. The lowest BCUT2D eigenvalue weighted by Gasteiger charge is -2.44. The average molecular weight is 423 g/mol. The number of ether oxygens (including phenoxy) is 5. The highest BCUT2D eigenvalue weighted by Crippen LogP contribution is 2.37. The van der Waals surface area contributed by atoms with Crippen LogP contribution in [0, 0.1) is 6.92 Å². The number of carbonyl (C=O) groups is 4. The summed E-state index contributed by atoms with van der Waals surface area (Å²) in [5, 5.41) is 0. The molecule has 0 unspecified atom stereocenters. The van der Waals surface area contributed by atoms with Crippen molar-refractivity contribution in [1.82, 2.24) is 4.98 Å². The summed E-state index contributed by atoms with van der Waals surface area (Å²) in [5.74, 6) is -2.59. The molecule has 1 aromatic heterocycles. The van der Waals surface area contributed by atoms with E-state index in [1.54, 1.807) is 18.3 Å². The van der Waals surface area contributed by atoms with E-state index in [1.807, 2.05) is 6.92 Å². The number of hydrogen-bond acceptors (Lipinski definition) is 10. The van der Waals surface area contributed by atoms with Crippen molar-refractivity contribution < 1.29 is 42.9 Å². The largest absolute Gasteiger partial charge is 0.463 e. The highest BCUT2D eigenvalue weighted by atomic mass is 16.7. The zero-order chi connectivity index (χ0) is 22.4. The summed E-state index contributed by atoms with van der Waals surface area (Å²) in [6.45, 7) is 6.32. The monoisotopic (exact) mass is 423 g/mol. The van der Waals surface area contributed by atoms with Crippen LogP contribution in [0.2, 0.25) is 0 Å². The van der Waals surface area contributed by atoms with E-state index >= 15 is 0 Å². The maximum atomic E-state index is 11.8. The molecule has 1 aromatic rings. The SMILES string of the molecule is CC(=O)OC[C@H]1O[C@H](c2cc(C)ccn2)[C@H](OC(C)=O)[C@@H](OC(C)=O)[C@@H]1OC(C)=O. The van der Waals surface area contributed by atoms with Gasteiger partial charge in [0.05, 0.1) is 5.69 Å². The Kier molecular flexibility index (Phi) is 7.87. The summed E-state index contributed by atoms with van der Waals surface area (Å²) in [6, 6.07) is 3.50. The quantitative estimate of drug-likeness (QED) is 0.486. The molecule has 1 aliphatic rings. The third-order valence-electron chi connectivity index (χ3n) is 4.22. The molecule has 0 N–H and O–H groups in total. The molecule has 5 atom stereocenters. The van der Waals surface area contributed by atoms with Gasteiger partial charge in [0.2, 0.25) is 0 Å². The molecule has 0 aromatic carbocycles. The second-order valence-corrected chi connectivity index (χ2v) is 6.88. The van der Waals surface area contributed by atoms with Gasteiger partial charge in [-0.25, -0.2) is 0 Å². The number of aryl methyl sites for hydroxylation is 1. The van der Waals surface area contributed by atoms with Crippen molar-refractivity contribution >= 4 is 23.9 Å². The Balaban J connectivity index is 2.53. The van der Waals surface area contributed by atoms with Crippen molar-refractivity contribution in [3.05, 3.63) is 29.6 Å². The van der Waals surface area contributed by atoms with Crippen LogP contribution < -0.4 is 0 Å². The van der Waals surface area contributed by atoms with E-state index in [0.29, 0.717) is 5.69 Å². The standard InChI is InChI=1S/C20H25NO9/c1-10-6-7-21-15(8-10)17-19(28-13(4)24)20(29-14(5)25)18(27-12(3)23)16(30-17)9-26-11(2)22/h6-8,16-20H,9H2,1-5H3/t16-,17-,18-,19+,20+/m1/s1. The molecule has 10 heteroatoms. The van der Waals surface area contributed by atoms with Gasteiger partial charge >= 0.3 is 23.9 Å². The Labute approximate surface area is 173 Å². The third-order valence-corrected chi connectivity index (χ3v) is 4.22. The summed E-state index contributed by atoms with van der Waals surface area (Å²) in [4.78, 5) is 50.9. The molecular formula is C20H25NO9. The number of esters is 4. The van der Waals surface area contributed by atoms with Crippen molar-refractivity contribution in [3.8, 4) is 0 Å². The Morgan fingerprint density at radius 2 is 1.47 bits per heavy atom. The van der Waals surface area contributed by atoms with Gasteiger partial charge in [-0.2, -0.15) is 0 Å². The van der Waals surface area contributed by atoms with Crippen LogP contribution in [0.1, 0.15) is 45.1 Å². The number of hydrogen-bond donors (Lipinski definition) is 0. The molecule has 0 spiro atoms. The smallest absolute Gasteiger partial charge is 0.303 e. The minimum absolute atomic E-state index is 0.278. The number of nitrogens with zero attached hydrogens (tertiary/aromatic N) is 1. The van der Waals surface area contributed by atoms with Gasteiger partial charge in [-0.3, -0.25) is 24.2 Å². The number of pyridine rings is 1. The fourth-order valence-electron chi connectivity index (χ4n) is 3.18. The molecule has 1 saturated heterocycles. The summed E-state index contributed by atoms with van der Waals surface area (Å²) < 4.78 is 27.2. The van der Waals surface area contributed by atoms with Crippen molar-refractivity contribution in [3.63, 3.8) is 0 Å². The molecule has 30 heavy (non-hydrogen) atoms. The molecule has 10 nitrogen and oxygen atoms in total. The van der Waals surface area contributed by atoms with Gasteiger partial charge < -0.3 is 23.7 Å². The van der Waals surface area contributed by atoms with E-state index in [2.05, 4.69) is 4.98 Å². The van der Waals surface area contributed by atoms with Gasteiger partial charge in [-0.05, 0) is 24.6 Å². The minimum atomic E-state index is -1.21. The first-order chi connectivity index (χ1) is 14.1. The van der Waals surface area contributed by atoms with Crippen molar-refractivity contribution in [1.29, 1.82) is 0 Å². The van der Waals surface area contributed by atoms with Gasteiger partial charge in [-0.1, -0.05) is 0 Å². The fourth-order valence-corrected chi connectivity index (χ4v) is 3.18. The normalized spacial score (nSPS) is 25.7. The number of carbonyl (C=O) groups excluding carboxylic acids is 4. The van der Waals surface area contributed by atoms with Gasteiger partial charge in [0, 0.05) is 33.9 Å². The van der Waals surface area contributed by atoms with Crippen LogP contribution in [0.15, 0.2) is 18.3 Å². The van der Waals surface area contributed by atoms with Crippen LogP contribution in [-0.2, 0) is 42.9 Å². The zero-order valence-corrected chi connectivity index (χ0v) is 17.4. The first kappa shape index (κ1) is 23.3. The third kappa shape index (κ3) is 6.24. The summed E-state index contributed by atoms with van der Waals surface area (Å²) in [6.07, 6.45) is -3.96. The highest BCUT2D eigenvalue weighted by Gasteiger charge is 2.52. The Morgan fingerprint density at radius 1 is 0.900 bits per heavy atom. The van der Waals surface area contributed by atoms with Crippen molar-refractivity contribution in [2.45, 2.75) is 65.1 Å². The molecule has 164 valence electrons. The van der Waals surface area contributed by atoms with Gasteiger partial charge in [0.1, 0.15) is 18.8 Å². The van der Waals surface area contributed by atoms with E-state index in [0.717, 1.165) is 5.56 Å². The maximum Gasteiger partial charge on any atom is 0.303 e. The van der Waals surface area contributed by atoms with Crippen molar-refractivity contribution in [2.24, 2.45) is 0 Å². The van der Waals surface area contributed by atoms with Crippen LogP contribution in [-0.4, -0.2) is 59.9 Å². The van der Waals surface area contributed by atoms with Gasteiger partial charge in [-0.15, -0.1) is 0 Å². The van der Waals surface area contributed by atoms with Crippen LogP contribution in [0.5, 0.6) is 0 Å². The molecule has 2 heterocycles. The highest BCUT2D eigenvalue weighted by molar-refractivity contribution is 5.68. The van der Waals surface area contributed by atoms with E-state index in [1.165, 1.54) is 27.7 Å². The topological polar surface area (TPSA) is 127 Å². The molecular weight excluding hydrogens is 398 g/mol. The lowest BCUT2D eigenvalue weighted by atomic mass is 9.92. The predicted octanol–water partition coefficient (Wildman–Crippen LogP) is 1.19. The van der Waals surface area contributed by atoms with E-state index in [-0.39, 0.29) is 6.61 Å². The first-order valence-electron chi connectivity index (χ1n) is 9.31. The Bertz CT molecular complexity index is 809. The average Bonchev–Trinajstić information content (AvgIpc) is 2.62. The molecule has 0 amide bonds. The van der Waals surface area contributed by atoms with Gasteiger partial charge in [0.15, 0.2) is 18.3 Å². The lowest BCUT2D eigenvalue weighted by Crippen LogP contribution is -2.59. The number of aromatic nitrogens is 1. The summed E-state index contributed by atoms with van der Waals surface area (Å²) in [7, 11) is 0. The predicted molar refractivity (Wildman–Crippen MR) is 99.9 cm³/mol. The van der Waals surface area contributed by atoms with Crippen molar-refractivity contribution in [2.75, 3.05) is 6.61 Å². The van der Waals surface area contributed by atoms with Gasteiger partial charge in [0.25, 0.3) is 0 Å². The summed E-state index contributed by atoms with van der Waals surface area (Å²) >= 11 is 0. The Hall–Kier alpha value is -3.01. The lowest BCUT2D eigenvalue weighted by molar-refractivity contribution is -0.255. The van der Waals surface area contributed by atoms with E-state index in [9.17, 15) is 19.2 Å². The molecule has 0 aliphatic carbocycles.